The van der Waals surface area contributed by atoms with Gasteiger partial charge in [0.1, 0.15) is 17.9 Å². The molecule has 1 aliphatic rings. The summed E-state index contributed by atoms with van der Waals surface area (Å²) in [6.45, 7) is 7.19. The van der Waals surface area contributed by atoms with Crippen molar-refractivity contribution in [1.82, 2.24) is 24.4 Å². The maximum atomic E-state index is 10.7. The number of aryl methyl sites for hydroxylation is 3. The van der Waals surface area contributed by atoms with Gasteiger partial charge in [0.15, 0.2) is 16.3 Å². The molecule has 0 radical (unpaired) electrons. The van der Waals surface area contributed by atoms with Gasteiger partial charge in [-0.2, -0.15) is 0 Å². The number of carbonyl (C=O) groups is 1. The van der Waals surface area contributed by atoms with E-state index in [1.807, 2.05) is 4.57 Å². The number of aliphatic hydroxyl groups is 1. The number of benzene rings is 1. The second-order valence-corrected chi connectivity index (χ2v) is 10.6. The number of piperidine rings is 1. The molecule has 3 aromatic rings. The average Bonchev–Trinajstić information content (AvgIpc) is 3.23. The summed E-state index contributed by atoms with van der Waals surface area (Å²) >= 11 is 5.19. The highest BCUT2D eigenvalue weighted by Crippen LogP contribution is 2.34. The molecule has 1 fully saturated rings. The van der Waals surface area contributed by atoms with E-state index in [0.717, 1.165) is 59.1 Å². The zero-order chi connectivity index (χ0) is 23.5. The number of carbonyl (C=O) groups excluding carboxylic acids is 1. The molecule has 8 nitrogen and oxygen atoms in total. The normalized spacial score (nSPS) is 16.4. The first-order valence-corrected chi connectivity index (χ1v) is 12.7. The third kappa shape index (κ3) is 5.74. The Balaban J connectivity index is 1.45. The Morgan fingerprint density at radius 3 is 2.79 bits per heavy atom. The minimum atomic E-state index is -0.893. The molecule has 1 aromatic carbocycles. The van der Waals surface area contributed by atoms with Crippen LogP contribution in [0.4, 0.5) is 0 Å². The number of aldehydes is 1. The van der Waals surface area contributed by atoms with Gasteiger partial charge in [-0.25, -0.2) is 9.97 Å². The van der Waals surface area contributed by atoms with Gasteiger partial charge in [-0.05, 0) is 91.3 Å². The molecule has 0 aliphatic carbocycles. The predicted octanol–water partition coefficient (Wildman–Crippen LogP) is 3.43. The highest BCUT2D eigenvalue weighted by Gasteiger charge is 2.21. The van der Waals surface area contributed by atoms with E-state index in [9.17, 15) is 9.90 Å². The number of β-amino-alcohol motifs (C(OH)–C–C–N with tert-alkyl or cyclic N) is 1. The molecule has 0 bridgehead atoms. The molecule has 0 spiro atoms. The Labute approximate surface area is 205 Å². The number of aromatic nitrogens is 4. The van der Waals surface area contributed by atoms with Crippen LogP contribution in [0.15, 0.2) is 33.0 Å². The lowest BCUT2D eigenvalue weighted by Gasteiger charge is -2.32. The van der Waals surface area contributed by atoms with E-state index in [0.29, 0.717) is 24.3 Å². The number of fused-ring (bicyclic) bond motifs is 1. The lowest BCUT2D eigenvalue weighted by Crippen LogP contribution is -2.39. The number of rotatable bonds is 8. The molecule has 1 saturated heterocycles. The Kier molecular flexibility index (Phi) is 7.68. The van der Waals surface area contributed by atoms with Gasteiger partial charge in [0.05, 0.1) is 6.33 Å². The number of H-pyrrole nitrogens is 1. The molecule has 1 unspecified atom stereocenters. The van der Waals surface area contributed by atoms with Crippen molar-refractivity contribution in [2.45, 2.75) is 55.8 Å². The molecule has 4 rings (SSSR count). The summed E-state index contributed by atoms with van der Waals surface area (Å²) in [5.74, 6) is 0.576. The molecular weight excluding hydrogens is 504 g/mol. The third-order valence-electron chi connectivity index (χ3n) is 6.34. The van der Waals surface area contributed by atoms with E-state index in [4.69, 9.17) is 10.4 Å². The molecule has 0 saturated carbocycles. The number of nitrogens with one attached hydrogen (secondary N) is 2. The van der Waals surface area contributed by atoms with Crippen molar-refractivity contribution in [3.63, 3.8) is 0 Å². The quantitative estimate of drug-likeness (QED) is 0.383. The van der Waals surface area contributed by atoms with Gasteiger partial charge in [-0.15, -0.1) is 0 Å². The Bertz CT molecular complexity index is 1200. The summed E-state index contributed by atoms with van der Waals surface area (Å²) in [4.78, 5) is 26.2. The maximum absolute atomic E-state index is 10.7. The molecule has 176 valence electrons. The van der Waals surface area contributed by atoms with Gasteiger partial charge in [-0.1, -0.05) is 11.8 Å². The van der Waals surface area contributed by atoms with Crippen LogP contribution in [-0.4, -0.2) is 61.5 Å². The van der Waals surface area contributed by atoms with Gasteiger partial charge in [0, 0.05) is 22.5 Å². The third-order valence-corrected chi connectivity index (χ3v) is 8.20. The average molecular weight is 533 g/mol. The van der Waals surface area contributed by atoms with Crippen molar-refractivity contribution in [3.05, 3.63) is 39.5 Å². The van der Waals surface area contributed by atoms with Crippen LogP contribution in [0.1, 0.15) is 30.4 Å². The molecule has 1 atom stereocenters. The zero-order valence-electron chi connectivity index (χ0n) is 18.8. The van der Waals surface area contributed by atoms with E-state index in [-0.39, 0.29) is 5.49 Å². The fourth-order valence-corrected chi connectivity index (χ4v) is 5.78. The van der Waals surface area contributed by atoms with Gasteiger partial charge < -0.3 is 24.4 Å². The largest absolute Gasteiger partial charge is 0.384 e. The van der Waals surface area contributed by atoms with Crippen molar-refractivity contribution in [1.29, 1.82) is 5.41 Å². The number of hydrogen-bond acceptors (Lipinski definition) is 7. The van der Waals surface area contributed by atoms with Gasteiger partial charge in [0.2, 0.25) is 0 Å². The zero-order valence-corrected chi connectivity index (χ0v) is 21.2. The molecule has 33 heavy (non-hydrogen) atoms. The SMILES string of the molecule is Cc1cc(Br)c(Sc2nc3c([nH]2)c(=N)ncn3CCC2CCN(CC(O)C=O)CC2)cc1C. The maximum Gasteiger partial charge on any atom is 0.173 e. The van der Waals surface area contributed by atoms with E-state index in [2.05, 4.69) is 56.8 Å². The first kappa shape index (κ1) is 24.1. The summed E-state index contributed by atoms with van der Waals surface area (Å²) in [7, 11) is 0. The minimum absolute atomic E-state index is 0.196. The molecule has 3 N–H and O–H groups in total. The van der Waals surface area contributed by atoms with Crippen LogP contribution in [-0.2, 0) is 11.3 Å². The highest BCUT2D eigenvalue weighted by atomic mass is 79.9. The van der Waals surface area contributed by atoms with Crippen molar-refractivity contribution < 1.29 is 9.90 Å². The van der Waals surface area contributed by atoms with Gasteiger partial charge in [-0.3, -0.25) is 5.41 Å². The number of hydrogen-bond donors (Lipinski definition) is 3. The fraction of sp³-hybridized carbons (Fsp3) is 0.478. The van der Waals surface area contributed by atoms with E-state index >= 15 is 0 Å². The molecule has 0 amide bonds. The summed E-state index contributed by atoms with van der Waals surface area (Å²) in [5, 5.41) is 18.5. The smallest absolute Gasteiger partial charge is 0.173 e. The van der Waals surface area contributed by atoms with Crippen LogP contribution in [0.25, 0.3) is 11.2 Å². The Morgan fingerprint density at radius 2 is 2.06 bits per heavy atom. The predicted molar refractivity (Wildman–Crippen MR) is 131 cm³/mol. The fourth-order valence-electron chi connectivity index (χ4n) is 4.20. The number of likely N-dealkylation sites (tertiary alicyclic amines) is 1. The lowest BCUT2D eigenvalue weighted by molar-refractivity contribution is -0.115. The summed E-state index contributed by atoms with van der Waals surface area (Å²) < 4.78 is 3.06. The number of aromatic amines is 1. The molecule has 3 heterocycles. The monoisotopic (exact) mass is 532 g/mol. The van der Waals surface area contributed by atoms with Crippen molar-refractivity contribution in [2.75, 3.05) is 19.6 Å². The number of nitrogens with zero attached hydrogens (tertiary/aromatic N) is 4. The first-order valence-electron chi connectivity index (χ1n) is 11.1. The van der Waals surface area contributed by atoms with E-state index in [1.165, 1.54) is 11.1 Å². The number of aliphatic hydroxyl groups excluding tert-OH is 1. The molecular formula is C23H29BrN6O2S. The van der Waals surface area contributed by atoms with Gasteiger partial charge >= 0.3 is 0 Å². The summed E-state index contributed by atoms with van der Waals surface area (Å²) in [6.07, 6.45) is 4.51. The van der Waals surface area contributed by atoms with Crippen LogP contribution in [0.5, 0.6) is 0 Å². The van der Waals surface area contributed by atoms with Crippen molar-refractivity contribution in [2.24, 2.45) is 5.92 Å². The van der Waals surface area contributed by atoms with Crippen LogP contribution in [0.3, 0.4) is 0 Å². The highest BCUT2D eigenvalue weighted by molar-refractivity contribution is 9.10. The summed E-state index contributed by atoms with van der Waals surface area (Å²) in [6, 6.07) is 4.26. The van der Waals surface area contributed by atoms with Crippen LogP contribution in [0.2, 0.25) is 0 Å². The standard InChI is InChI=1S/C23H29BrN6O2S/c1-14-9-18(24)19(10-15(14)2)33-23-27-20-21(25)26-13-30(22(20)28-23)8-5-16-3-6-29(7-4-16)11-17(32)12-31/h9-10,12-13,16-17,25,32H,3-8,11H2,1-2H3,(H,27,28). The van der Waals surface area contributed by atoms with Crippen LogP contribution in [0, 0.1) is 25.2 Å². The Hall–Kier alpha value is -2.01. The van der Waals surface area contributed by atoms with E-state index < -0.39 is 6.10 Å². The van der Waals surface area contributed by atoms with Crippen LogP contribution < -0.4 is 5.49 Å². The Morgan fingerprint density at radius 1 is 1.33 bits per heavy atom. The van der Waals surface area contributed by atoms with Crippen molar-refractivity contribution >= 4 is 45.1 Å². The van der Waals surface area contributed by atoms with Crippen molar-refractivity contribution in [3.8, 4) is 0 Å². The first-order chi connectivity index (χ1) is 15.8. The minimum Gasteiger partial charge on any atom is -0.384 e. The van der Waals surface area contributed by atoms with Crippen LogP contribution >= 0.6 is 27.7 Å². The van der Waals surface area contributed by atoms with Gasteiger partial charge in [0.25, 0.3) is 0 Å². The molecule has 10 heteroatoms. The second kappa shape index (κ2) is 10.5. The molecule has 1 aliphatic heterocycles. The van der Waals surface area contributed by atoms with E-state index in [1.54, 1.807) is 18.1 Å². The number of imidazole rings is 1. The topological polar surface area (TPSA) is 111 Å². The second-order valence-electron chi connectivity index (χ2n) is 8.73. The molecule has 2 aromatic heterocycles. The number of halogens is 1. The summed E-state index contributed by atoms with van der Waals surface area (Å²) in [5.41, 5.74) is 4.06. The lowest BCUT2D eigenvalue weighted by atomic mass is 9.93.